The van der Waals surface area contributed by atoms with Crippen molar-refractivity contribution >= 4 is 11.9 Å². The van der Waals surface area contributed by atoms with Gasteiger partial charge in [-0.25, -0.2) is 0 Å². The molecule has 0 saturated carbocycles. The number of nitrogens with two attached hydrogens (primary N) is 1. The number of nitrogen functional groups attached to an aromatic ring is 1. The third-order valence-electron chi connectivity index (χ3n) is 3.96. The summed E-state index contributed by atoms with van der Waals surface area (Å²) in [5, 5.41) is 7.64. The fraction of sp³-hybridized carbons (Fsp3) is 0.533. The van der Waals surface area contributed by atoms with Crippen molar-refractivity contribution < 1.29 is 13.6 Å². The van der Waals surface area contributed by atoms with Gasteiger partial charge in [-0.1, -0.05) is 18.9 Å². The number of amides is 1. The number of rotatable bonds is 3. The Kier molecular flexibility index (Phi) is 3.87. The average Bonchev–Trinajstić information content (AvgIpc) is 3.15. The van der Waals surface area contributed by atoms with Gasteiger partial charge in [-0.15, -0.1) is 5.10 Å². The average molecular weight is 304 g/mol. The molecule has 2 aromatic rings. The molecule has 1 saturated heterocycles. The highest BCUT2D eigenvalue weighted by Gasteiger charge is 2.30. The largest absolute Gasteiger partial charge is 0.468 e. The number of nitrogens with zero attached hydrogens (tertiary/aromatic N) is 3. The van der Waals surface area contributed by atoms with Crippen LogP contribution in [-0.4, -0.2) is 34.1 Å². The highest BCUT2D eigenvalue weighted by molar-refractivity contribution is 5.95. The zero-order valence-corrected chi connectivity index (χ0v) is 12.8. The molecule has 2 aromatic heterocycles. The van der Waals surface area contributed by atoms with Crippen molar-refractivity contribution in [3.05, 3.63) is 29.5 Å². The molecule has 1 fully saturated rings. The molecule has 7 heteroatoms. The first-order valence-corrected chi connectivity index (χ1v) is 7.51. The Hall–Kier alpha value is -2.31. The summed E-state index contributed by atoms with van der Waals surface area (Å²) in [6.07, 6.45) is 3.38. The van der Waals surface area contributed by atoms with Gasteiger partial charge in [0, 0.05) is 19.0 Å². The molecular weight excluding hydrogens is 284 g/mol. The van der Waals surface area contributed by atoms with Crippen molar-refractivity contribution in [2.75, 3.05) is 18.8 Å². The molecule has 1 atom stereocenters. The van der Waals surface area contributed by atoms with Crippen LogP contribution < -0.4 is 5.73 Å². The van der Waals surface area contributed by atoms with Gasteiger partial charge in [0.05, 0.1) is 17.7 Å². The summed E-state index contributed by atoms with van der Waals surface area (Å²) in [5.74, 6) is 1.44. The number of hydrogen-bond acceptors (Lipinski definition) is 6. The fourth-order valence-electron chi connectivity index (χ4n) is 2.89. The summed E-state index contributed by atoms with van der Waals surface area (Å²) >= 11 is 0. The van der Waals surface area contributed by atoms with Crippen LogP contribution >= 0.6 is 0 Å². The van der Waals surface area contributed by atoms with Crippen molar-refractivity contribution in [3.8, 4) is 0 Å². The number of likely N-dealkylation sites (tertiary alicyclic amines) is 1. The number of aromatic nitrogens is 2. The second-order valence-electron chi connectivity index (χ2n) is 5.92. The van der Waals surface area contributed by atoms with Gasteiger partial charge in [0.15, 0.2) is 0 Å². The summed E-state index contributed by atoms with van der Waals surface area (Å²) in [5.41, 5.74) is 6.12. The van der Waals surface area contributed by atoms with E-state index in [2.05, 4.69) is 10.2 Å². The molecule has 22 heavy (non-hydrogen) atoms. The molecule has 0 aliphatic carbocycles. The summed E-state index contributed by atoms with van der Waals surface area (Å²) in [6.45, 7) is 5.30. The van der Waals surface area contributed by atoms with Gasteiger partial charge in [-0.05, 0) is 18.9 Å². The number of carbonyl (C=O) groups is 1. The number of carbonyl (C=O) groups excluding carboxylic acids is 1. The van der Waals surface area contributed by atoms with E-state index < -0.39 is 0 Å². The molecule has 1 amide bonds. The summed E-state index contributed by atoms with van der Waals surface area (Å²) in [6, 6.07) is 1.81. The van der Waals surface area contributed by atoms with E-state index in [0.29, 0.717) is 18.0 Å². The quantitative estimate of drug-likeness (QED) is 0.934. The molecule has 7 nitrogen and oxygen atoms in total. The molecule has 0 aromatic carbocycles. The maximum atomic E-state index is 12.7. The minimum absolute atomic E-state index is 0.00497. The maximum absolute atomic E-state index is 12.7. The Bertz CT molecular complexity index is 661. The maximum Gasteiger partial charge on any atom is 0.312 e. The molecule has 0 bridgehead atoms. The predicted molar refractivity (Wildman–Crippen MR) is 79.4 cm³/mol. The molecule has 118 valence electrons. The standard InChI is InChI=1S/C15H20N4O3/c1-9(2)12-11(5-7-21-12)14(20)19-6-3-4-10(8-19)13-17-18-15(16)22-13/h5,7,9-10H,3-4,6,8H2,1-2H3,(H2,16,18). The van der Waals surface area contributed by atoms with Crippen LogP contribution in [0.5, 0.6) is 0 Å². The first-order valence-electron chi connectivity index (χ1n) is 7.51. The highest BCUT2D eigenvalue weighted by Crippen LogP contribution is 2.29. The van der Waals surface area contributed by atoms with Crippen LogP contribution in [0.3, 0.4) is 0 Å². The molecule has 2 N–H and O–H groups in total. The summed E-state index contributed by atoms with van der Waals surface area (Å²) in [4.78, 5) is 14.6. The Morgan fingerprint density at radius 2 is 2.27 bits per heavy atom. The lowest BCUT2D eigenvalue weighted by Crippen LogP contribution is -2.39. The van der Waals surface area contributed by atoms with Gasteiger partial charge in [-0.2, -0.15) is 0 Å². The van der Waals surface area contributed by atoms with Crippen LogP contribution in [0, 0.1) is 0 Å². The zero-order chi connectivity index (χ0) is 15.7. The van der Waals surface area contributed by atoms with Crippen LogP contribution in [0.4, 0.5) is 6.01 Å². The van der Waals surface area contributed by atoms with Crippen molar-refractivity contribution in [1.29, 1.82) is 0 Å². The summed E-state index contributed by atoms with van der Waals surface area (Å²) in [7, 11) is 0. The predicted octanol–water partition coefficient (Wildman–Crippen LogP) is 2.39. The smallest absolute Gasteiger partial charge is 0.312 e. The Balaban J connectivity index is 1.77. The van der Waals surface area contributed by atoms with Crippen molar-refractivity contribution in [1.82, 2.24) is 15.1 Å². The molecular formula is C15H20N4O3. The number of hydrogen-bond donors (Lipinski definition) is 1. The lowest BCUT2D eigenvalue weighted by Gasteiger charge is -2.31. The molecule has 0 spiro atoms. The van der Waals surface area contributed by atoms with E-state index in [1.54, 1.807) is 12.3 Å². The van der Waals surface area contributed by atoms with Crippen LogP contribution in [0.25, 0.3) is 0 Å². The van der Waals surface area contributed by atoms with E-state index in [9.17, 15) is 4.79 Å². The van der Waals surface area contributed by atoms with Gasteiger partial charge in [-0.3, -0.25) is 4.79 Å². The summed E-state index contributed by atoms with van der Waals surface area (Å²) < 4.78 is 10.8. The van der Waals surface area contributed by atoms with Gasteiger partial charge >= 0.3 is 6.01 Å². The second kappa shape index (κ2) is 5.82. The van der Waals surface area contributed by atoms with E-state index >= 15 is 0 Å². The normalized spacial score (nSPS) is 18.9. The lowest BCUT2D eigenvalue weighted by molar-refractivity contribution is 0.0695. The first-order chi connectivity index (χ1) is 10.6. The Morgan fingerprint density at radius 3 is 2.95 bits per heavy atom. The third-order valence-corrected chi connectivity index (χ3v) is 3.96. The van der Waals surface area contributed by atoms with E-state index in [-0.39, 0.29) is 23.8 Å². The van der Waals surface area contributed by atoms with Crippen molar-refractivity contribution in [3.63, 3.8) is 0 Å². The lowest BCUT2D eigenvalue weighted by atomic mass is 9.97. The van der Waals surface area contributed by atoms with Crippen LogP contribution in [-0.2, 0) is 0 Å². The monoisotopic (exact) mass is 304 g/mol. The van der Waals surface area contributed by atoms with Crippen LogP contribution in [0.1, 0.15) is 60.5 Å². The second-order valence-corrected chi connectivity index (χ2v) is 5.92. The Labute approximate surface area is 128 Å². The third kappa shape index (κ3) is 2.70. The van der Waals surface area contributed by atoms with Crippen LogP contribution in [0.15, 0.2) is 21.2 Å². The van der Waals surface area contributed by atoms with Gasteiger partial charge < -0.3 is 19.5 Å². The minimum atomic E-state index is -0.00497. The molecule has 1 aliphatic heterocycles. The molecule has 3 heterocycles. The van der Waals surface area contributed by atoms with E-state index in [1.165, 1.54) is 0 Å². The highest BCUT2D eigenvalue weighted by atomic mass is 16.4. The molecule has 0 radical (unpaired) electrons. The van der Waals surface area contributed by atoms with Crippen molar-refractivity contribution in [2.45, 2.75) is 38.5 Å². The van der Waals surface area contributed by atoms with Crippen molar-refractivity contribution in [2.24, 2.45) is 0 Å². The SMILES string of the molecule is CC(C)c1occc1C(=O)N1CCCC(c2nnc(N)o2)C1. The molecule has 1 unspecified atom stereocenters. The number of anilines is 1. The fourth-order valence-corrected chi connectivity index (χ4v) is 2.89. The minimum Gasteiger partial charge on any atom is -0.468 e. The Morgan fingerprint density at radius 1 is 1.45 bits per heavy atom. The van der Waals surface area contributed by atoms with Gasteiger partial charge in [0.25, 0.3) is 5.91 Å². The van der Waals surface area contributed by atoms with Gasteiger partial charge in [0.1, 0.15) is 5.76 Å². The number of piperidine rings is 1. The van der Waals surface area contributed by atoms with E-state index in [4.69, 9.17) is 14.6 Å². The molecule has 1 aliphatic rings. The first kappa shape index (κ1) is 14.6. The molecule has 3 rings (SSSR count). The zero-order valence-electron chi connectivity index (χ0n) is 12.8. The van der Waals surface area contributed by atoms with Crippen LogP contribution in [0.2, 0.25) is 0 Å². The number of furan rings is 1. The topological polar surface area (TPSA) is 98.4 Å². The van der Waals surface area contributed by atoms with E-state index in [1.807, 2.05) is 18.7 Å². The van der Waals surface area contributed by atoms with Gasteiger partial charge in [0.2, 0.25) is 5.89 Å². The van der Waals surface area contributed by atoms with E-state index in [0.717, 1.165) is 25.1 Å².